The molecule has 0 spiro atoms. The van der Waals surface area contributed by atoms with E-state index in [2.05, 4.69) is 5.32 Å². The summed E-state index contributed by atoms with van der Waals surface area (Å²) in [6.07, 6.45) is 0. The lowest BCUT2D eigenvalue weighted by atomic mass is 10.2. The fourth-order valence-corrected chi connectivity index (χ4v) is 1.47. The van der Waals surface area contributed by atoms with Gasteiger partial charge in [0.1, 0.15) is 5.82 Å². The molecule has 2 nitrogen and oxygen atoms in total. The van der Waals surface area contributed by atoms with Crippen LogP contribution in [0.2, 0.25) is 0 Å². The van der Waals surface area contributed by atoms with Gasteiger partial charge in [0.2, 0.25) is 0 Å². The number of anilines is 2. The molecule has 0 fully saturated rings. The topological polar surface area (TPSA) is 35.8 Å². The Bertz CT molecular complexity index is 654. The molecule has 1 N–H and O–H groups in total. The van der Waals surface area contributed by atoms with Crippen LogP contribution in [0, 0.1) is 34.6 Å². The van der Waals surface area contributed by atoms with Crippen LogP contribution in [0.25, 0.3) is 0 Å². The zero-order chi connectivity index (χ0) is 14.0. The molecule has 0 heterocycles. The molecule has 0 saturated carbocycles. The summed E-state index contributed by atoms with van der Waals surface area (Å²) in [5.41, 5.74) is -0.107. The third-order valence-electron chi connectivity index (χ3n) is 2.36. The van der Waals surface area contributed by atoms with Crippen LogP contribution in [-0.2, 0) is 0 Å². The van der Waals surface area contributed by atoms with Gasteiger partial charge in [-0.05, 0) is 18.2 Å². The third kappa shape index (κ3) is 2.65. The lowest BCUT2D eigenvalue weighted by molar-refractivity contribution is 0.448. The van der Waals surface area contributed by atoms with Crippen molar-refractivity contribution in [2.75, 3.05) is 5.32 Å². The number of benzene rings is 2. The standard InChI is InChI=1S/C13H6F4N2/c14-9-3-7(6-18)1-2-12(9)19-8-4-10(15)13(17)11(16)5-8/h1-5,19H. The first-order valence-electron chi connectivity index (χ1n) is 5.12. The van der Waals surface area contributed by atoms with Crippen LogP contribution in [-0.4, -0.2) is 0 Å². The Hall–Kier alpha value is -2.55. The van der Waals surface area contributed by atoms with Crippen molar-refractivity contribution in [3.63, 3.8) is 0 Å². The number of nitrogens with one attached hydrogen (secondary N) is 1. The average molecular weight is 266 g/mol. The van der Waals surface area contributed by atoms with Gasteiger partial charge >= 0.3 is 0 Å². The van der Waals surface area contributed by atoms with Gasteiger partial charge in [-0.2, -0.15) is 5.26 Å². The van der Waals surface area contributed by atoms with Gasteiger partial charge in [-0.3, -0.25) is 0 Å². The van der Waals surface area contributed by atoms with Gasteiger partial charge in [-0.25, -0.2) is 17.6 Å². The van der Waals surface area contributed by atoms with Gasteiger partial charge in [-0.15, -0.1) is 0 Å². The van der Waals surface area contributed by atoms with Crippen molar-refractivity contribution in [1.82, 2.24) is 0 Å². The van der Waals surface area contributed by atoms with E-state index in [0.717, 1.165) is 6.07 Å². The van der Waals surface area contributed by atoms with Gasteiger partial charge < -0.3 is 5.32 Å². The van der Waals surface area contributed by atoms with Crippen LogP contribution in [0.5, 0.6) is 0 Å². The highest BCUT2D eigenvalue weighted by atomic mass is 19.2. The maximum Gasteiger partial charge on any atom is 0.194 e. The number of nitriles is 1. The largest absolute Gasteiger partial charge is 0.353 e. The van der Waals surface area contributed by atoms with Crippen molar-refractivity contribution < 1.29 is 17.6 Å². The molecule has 0 amide bonds. The number of hydrogen-bond donors (Lipinski definition) is 1. The Morgan fingerprint density at radius 2 is 1.53 bits per heavy atom. The summed E-state index contributed by atoms with van der Waals surface area (Å²) in [5, 5.41) is 11.0. The lowest BCUT2D eigenvalue weighted by Crippen LogP contribution is -1.98. The van der Waals surface area contributed by atoms with Gasteiger partial charge in [0.25, 0.3) is 0 Å². The van der Waals surface area contributed by atoms with E-state index in [9.17, 15) is 17.6 Å². The van der Waals surface area contributed by atoms with Gasteiger partial charge in [0, 0.05) is 17.8 Å². The van der Waals surface area contributed by atoms with Crippen molar-refractivity contribution in [3.05, 3.63) is 59.2 Å². The minimum atomic E-state index is -1.59. The maximum absolute atomic E-state index is 13.5. The number of hydrogen-bond acceptors (Lipinski definition) is 2. The molecule has 0 bridgehead atoms. The smallest absolute Gasteiger partial charge is 0.194 e. The molecular formula is C13H6F4N2. The summed E-state index contributed by atoms with van der Waals surface area (Å²) < 4.78 is 52.2. The molecule has 2 aromatic rings. The fraction of sp³-hybridized carbons (Fsp3) is 0. The Kier molecular flexibility index (Phi) is 3.38. The summed E-state index contributed by atoms with van der Waals surface area (Å²) in [5.74, 6) is -5.11. The number of halogens is 4. The molecule has 6 heteroatoms. The maximum atomic E-state index is 13.5. The molecule has 0 aliphatic heterocycles. The van der Waals surface area contributed by atoms with Crippen LogP contribution >= 0.6 is 0 Å². The lowest BCUT2D eigenvalue weighted by Gasteiger charge is -2.08. The summed E-state index contributed by atoms with van der Waals surface area (Å²) in [6, 6.07) is 6.70. The van der Waals surface area contributed by atoms with Crippen LogP contribution in [0.4, 0.5) is 28.9 Å². The highest BCUT2D eigenvalue weighted by Crippen LogP contribution is 2.23. The third-order valence-corrected chi connectivity index (χ3v) is 2.36. The molecule has 0 unspecified atom stereocenters. The van der Waals surface area contributed by atoms with Crippen LogP contribution in [0.1, 0.15) is 5.56 Å². The zero-order valence-electron chi connectivity index (χ0n) is 9.35. The zero-order valence-corrected chi connectivity index (χ0v) is 9.35. The van der Waals surface area contributed by atoms with Crippen LogP contribution < -0.4 is 5.32 Å². The Labute approximate surface area is 105 Å². The predicted molar refractivity (Wildman–Crippen MR) is 60.7 cm³/mol. The van der Waals surface area contributed by atoms with E-state index in [1.165, 1.54) is 12.1 Å². The van der Waals surface area contributed by atoms with Crippen molar-refractivity contribution >= 4 is 11.4 Å². The minimum Gasteiger partial charge on any atom is -0.353 e. The molecule has 0 saturated heterocycles. The van der Waals surface area contributed by atoms with Crippen molar-refractivity contribution in [2.45, 2.75) is 0 Å². The second kappa shape index (κ2) is 4.98. The van der Waals surface area contributed by atoms with Gasteiger partial charge in [-0.1, -0.05) is 0 Å². The number of nitrogens with zero attached hydrogens (tertiary/aromatic N) is 1. The Balaban J connectivity index is 2.34. The first-order chi connectivity index (χ1) is 9.01. The van der Waals surface area contributed by atoms with E-state index in [1.807, 2.05) is 0 Å². The van der Waals surface area contributed by atoms with E-state index in [-0.39, 0.29) is 16.9 Å². The summed E-state index contributed by atoms with van der Waals surface area (Å²) >= 11 is 0. The van der Waals surface area contributed by atoms with E-state index in [4.69, 9.17) is 5.26 Å². The van der Waals surface area contributed by atoms with E-state index in [0.29, 0.717) is 12.1 Å². The molecule has 0 aromatic heterocycles. The van der Waals surface area contributed by atoms with Gasteiger partial charge in [0.05, 0.1) is 17.3 Å². The molecule has 96 valence electrons. The normalized spacial score (nSPS) is 10.1. The first-order valence-corrected chi connectivity index (χ1v) is 5.12. The average Bonchev–Trinajstić information content (AvgIpc) is 2.38. The predicted octanol–water partition coefficient (Wildman–Crippen LogP) is 3.86. The molecule has 0 aliphatic carbocycles. The van der Waals surface area contributed by atoms with Crippen molar-refractivity contribution in [2.24, 2.45) is 0 Å². The SMILES string of the molecule is N#Cc1ccc(Nc2cc(F)c(F)c(F)c2)c(F)c1. The van der Waals surface area contributed by atoms with Crippen molar-refractivity contribution in [3.8, 4) is 6.07 Å². The molecule has 0 radical (unpaired) electrons. The van der Waals surface area contributed by atoms with Crippen LogP contribution in [0.15, 0.2) is 30.3 Å². The fourth-order valence-electron chi connectivity index (χ4n) is 1.47. The van der Waals surface area contributed by atoms with Gasteiger partial charge in [0.15, 0.2) is 17.5 Å². The Morgan fingerprint density at radius 3 is 2.05 bits per heavy atom. The van der Waals surface area contributed by atoms with E-state index >= 15 is 0 Å². The molecule has 2 rings (SSSR count). The Morgan fingerprint density at radius 1 is 0.895 bits per heavy atom. The first kappa shape index (κ1) is 12.9. The van der Waals surface area contributed by atoms with E-state index < -0.39 is 23.3 Å². The second-order valence-electron chi connectivity index (χ2n) is 3.69. The molecule has 19 heavy (non-hydrogen) atoms. The molecule has 0 aliphatic rings. The highest BCUT2D eigenvalue weighted by Gasteiger charge is 2.11. The monoisotopic (exact) mass is 266 g/mol. The summed E-state index contributed by atoms with van der Waals surface area (Å²) in [4.78, 5) is 0. The summed E-state index contributed by atoms with van der Waals surface area (Å²) in [6.45, 7) is 0. The molecule has 2 aromatic carbocycles. The molecular weight excluding hydrogens is 260 g/mol. The quantitative estimate of drug-likeness (QED) is 0.661. The summed E-state index contributed by atoms with van der Waals surface area (Å²) in [7, 11) is 0. The number of rotatable bonds is 2. The van der Waals surface area contributed by atoms with Crippen LogP contribution in [0.3, 0.4) is 0 Å². The van der Waals surface area contributed by atoms with Crippen molar-refractivity contribution in [1.29, 1.82) is 5.26 Å². The minimum absolute atomic E-state index is 0.0793. The van der Waals surface area contributed by atoms with E-state index in [1.54, 1.807) is 6.07 Å². The second-order valence-corrected chi connectivity index (χ2v) is 3.69. The highest BCUT2D eigenvalue weighted by molar-refractivity contribution is 5.61. The molecule has 0 atom stereocenters.